The molecule has 186 valence electrons. The third kappa shape index (κ3) is 6.60. The molecule has 1 atom stereocenters. The number of amides is 2. The quantitative estimate of drug-likeness (QED) is 0.369. The van der Waals surface area contributed by atoms with Crippen molar-refractivity contribution in [3.05, 3.63) is 87.9 Å². The summed E-state index contributed by atoms with van der Waals surface area (Å²) < 4.78 is 5.22. The van der Waals surface area contributed by atoms with Gasteiger partial charge in [-0.05, 0) is 73.0 Å². The lowest BCUT2D eigenvalue weighted by atomic mass is 10.1. The number of anilines is 1. The molecule has 0 radical (unpaired) electrons. The maximum atomic E-state index is 13.2. The molecule has 4 rings (SSSR count). The summed E-state index contributed by atoms with van der Waals surface area (Å²) in [5, 5.41) is 3.89. The second kappa shape index (κ2) is 11.8. The summed E-state index contributed by atoms with van der Waals surface area (Å²) in [5.74, 6) is 0.348. The zero-order chi connectivity index (χ0) is 25.7. The number of benzene rings is 3. The number of methoxy groups -OCH3 is 1. The lowest BCUT2D eigenvalue weighted by Crippen LogP contribution is -2.46. The van der Waals surface area contributed by atoms with Gasteiger partial charge < -0.3 is 10.1 Å². The minimum absolute atomic E-state index is 0.0678. The van der Waals surface area contributed by atoms with Gasteiger partial charge in [0.1, 0.15) is 11.0 Å². The van der Waals surface area contributed by atoms with Crippen LogP contribution >= 0.6 is 35.0 Å². The van der Waals surface area contributed by atoms with Gasteiger partial charge in [-0.15, -0.1) is 0 Å². The molecule has 1 fully saturated rings. The van der Waals surface area contributed by atoms with Crippen LogP contribution < -0.4 is 10.1 Å². The van der Waals surface area contributed by atoms with Crippen LogP contribution in [0.5, 0.6) is 5.75 Å². The number of carbonyl (C=O) groups is 2. The Labute approximate surface area is 224 Å². The molecular formula is C27H25Cl2N3O3S. The Morgan fingerprint density at radius 1 is 1.11 bits per heavy atom. The van der Waals surface area contributed by atoms with E-state index in [1.54, 1.807) is 48.4 Å². The second-order valence-electron chi connectivity index (χ2n) is 8.28. The molecular weight excluding hydrogens is 517 g/mol. The molecule has 36 heavy (non-hydrogen) atoms. The fraction of sp³-hybridized carbons (Fsp3) is 0.222. The topological polar surface area (TPSA) is 71.0 Å². The molecule has 0 bridgehead atoms. The highest BCUT2D eigenvalue weighted by atomic mass is 35.5. The van der Waals surface area contributed by atoms with Gasteiger partial charge in [-0.3, -0.25) is 14.5 Å². The molecule has 3 aromatic rings. The van der Waals surface area contributed by atoms with Gasteiger partial charge in [0.15, 0.2) is 5.17 Å². The van der Waals surface area contributed by atoms with Crippen LogP contribution in [-0.2, 0) is 16.0 Å². The maximum absolute atomic E-state index is 13.2. The Hall–Kier alpha value is -3.00. The van der Waals surface area contributed by atoms with Crippen molar-refractivity contribution < 1.29 is 14.3 Å². The Kier molecular flexibility index (Phi) is 8.56. The average Bonchev–Trinajstić information content (AvgIpc) is 2.87. The van der Waals surface area contributed by atoms with Gasteiger partial charge in [0, 0.05) is 28.7 Å². The highest BCUT2D eigenvalue weighted by molar-refractivity contribution is 8.15. The molecule has 9 heteroatoms. The zero-order valence-electron chi connectivity index (χ0n) is 19.8. The van der Waals surface area contributed by atoms with Crippen molar-refractivity contribution in [3.63, 3.8) is 0 Å². The highest BCUT2D eigenvalue weighted by Gasteiger charge is 2.35. The third-order valence-electron chi connectivity index (χ3n) is 5.71. The van der Waals surface area contributed by atoms with Crippen molar-refractivity contribution >= 4 is 63.3 Å². The van der Waals surface area contributed by atoms with Crippen LogP contribution in [-0.4, -0.2) is 40.8 Å². The van der Waals surface area contributed by atoms with Gasteiger partial charge in [0.2, 0.25) is 11.8 Å². The molecule has 1 aliphatic rings. The summed E-state index contributed by atoms with van der Waals surface area (Å²) in [7, 11) is 1.62. The zero-order valence-corrected chi connectivity index (χ0v) is 22.2. The molecule has 0 saturated carbocycles. The second-order valence-corrected chi connectivity index (χ2v) is 10.3. The number of aliphatic imine (C=N–C) groups is 1. The minimum atomic E-state index is -0.624. The summed E-state index contributed by atoms with van der Waals surface area (Å²) in [6, 6.07) is 20.1. The number of halogens is 2. The minimum Gasteiger partial charge on any atom is -0.497 e. The van der Waals surface area contributed by atoms with E-state index in [4.69, 9.17) is 32.9 Å². The largest absolute Gasteiger partial charge is 0.497 e. The first-order chi connectivity index (χ1) is 17.3. The van der Waals surface area contributed by atoms with E-state index >= 15 is 0 Å². The molecule has 1 saturated heterocycles. The molecule has 1 N–H and O–H groups in total. The molecule has 1 heterocycles. The van der Waals surface area contributed by atoms with E-state index in [2.05, 4.69) is 5.32 Å². The van der Waals surface area contributed by atoms with Crippen molar-refractivity contribution in [1.29, 1.82) is 0 Å². The molecule has 0 aromatic heterocycles. The SMILES string of the molecule is COc1ccc(CCN2C(=O)CC(C(=O)Nc3ccc(C)c(Cl)c3)SC2=Nc2ccc(Cl)cc2)cc1. The number of hydrogen-bond acceptors (Lipinski definition) is 5. The molecule has 6 nitrogen and oxygen atoms in total. The standard InChI is InChI=1S/C27H25Cl2N3O3S/c1-17-3-8-21(15-23(17)29)30-26(34)24-16-25(33)32(14-13-18-4-11-22(35-2)12-5-18)27(36-24)31-20-9-6-19(28)7-10-20/h3-12,15,24H,13-14,16H2,1-2H3,(H,30,34). The normalized spacial score (nSPS) is 16.8. The first kappa shape index (κ1) is 26.1. The summed E-state index contributed by atoms with van der Waals surface area (Å²) >= 11 is 13.5. The fourth-order valence-corrected chi connectivity index (χ4v) is 5.05. The number of carbonyl (C=O) groups excluding carboxylic acids is 2. The van der Waals surface area contributed by atoms with Crippen LogP contribution in [0.15, 0.2) is 71.7 Å². The average molecular weight is 542 g/mol. The Morgan fingerprint density at radius 3 is 2.50 bits per heavy atom. The van der Waals surface area contributed by atoms with Crippen molar-refractivity contribution in [1.82, 2.24) is 4.90 Å². The van der Waals surface area contributed by atoms with Crippen LogP contribution in [0.3, 0.4) is 0 Å². The van der Waals surface area contributed by atoms with Crippen LogP contribution in [0, 0.1) is 6.92 Å². The van der Waals surface area contributed by atoms with Gasteiger partial charge in [-0.2, -0.15) is 0 Å². The summed E-state index contributed by atoms with van der Waals surface area (Å²) in [5.41, 5.74) is 3.22. The van der Waals surface area contributed by atoms with E-state index < -0.39 is 5.25 Å². The van der Waals surface area contributed by atoms with Crippen molar-refractivity contribution in [2.45, 2.75) is 25.0 Å². The molecule has 1 unspecified atom stereocenters. The van der Waals surface area contributed by atoms with E-state index in [0.29, 0.717) is 39.6 Å². The molecule has 1 aliphatic heterocycles. The lowest BCUT2D eigenvalue weighted by Gasteiger charge is -2.32. The molecule has 3 aromatic carbocycles. The van der Waals surface area contributed by atoms with E-state index in [1.807, 2.05) is 37.3 Å². The van der Waals surface area contributed by atoms with Crippen LogP contribution in [0.1, 0.15) is 17.5 Å². The van der Waals surface area contributed by atoms with Gasteiger partial charge in [0.25, 0.3) is 0 Å². The predicted molar refractivity (Wildman–Crippen MR) is 148 cm³/mol. The smallest absolute Gasteiger partial charge is 0.238 e. The number of rotatable bonds is 7. The summed E-state index contributed by atoms with van der Waals surface area (Å²) in [6.07, 6.45) is 0.701. The van der Waals surface area contributed by atoms with Crippen LogP contribution in [0.2, 0.25) is 10.0 Å². The van der Waals surface area contributed by atoms with Gasteiger partial charge in [0.05, 0.1) is 12.8 Å². The van der Waals surface area contributed by atoms with E-state index in [9.17, 15) is 9.59 Å². The van der Waals surface area contributed by atoms with Crippen molar-refractivity contribution in [2.24, 2.45) is 4.99 Å². The molecule has 0 aliphatic carbocycles. The number of amidine groups is 1. The Bertz CT molecular complexity index is 1280. The number of thioether (sulfide) groups is 1. The van der Waals surface area contributed by atoms with Crippen molar-refractivity contribution in [2.75, 3.05) is 19.0 Å². The first-order valence-corrected chi connectivity index (χ1v) is 13.0. The summed E-state index contributed by atoms with van der Waals surface area (Å²) in [6.45, 7) is 2.33. The van der Waals surface area contributed by atoms with Gasteiger partial charge in [-0.25, -0.2) is 4.99 Å². The number of nitrogens with one attached hydrogen (secondary N) is 1. The van der Waals surface area contributed by atoms with E-state index in [0.717, 1.165) is 16.9 Å². The lowest BCUT2D eigenvalue weighted by molar-refractivity contribution is -0.129. The summed E-state index contributed by atoms with van der Waals surface area (Å²) in [4.78, 5) is 32.6. The fourth-order valence-electron chi connectivity index (χ4n) is 3.61. The van der Waals surface area contributed by atoms with Gasteiger partial charge >= 0.3 is 0 Å². The number of ether oxygens (including phenoxy) is 1. The number of hydrogen-bond donors (Lipinski definition) is 1. The number of nitrogens with zero attached hydrogens (tertiary/aromatic N) is 2. The molecule has 0 spiro atoms. The molecule has 2 amide bonds. The Balaban J connectivity index is 1.54. The highest BCUT2D eigenvalue weighted by Crippen LogP contribution is 2.31. The van der Waals surface area contributed by atoms with Crippen LogP contribution in [0.4, 0.5) is 11.4 Å². The number of aryl methyl sites for hydroxylation is 1. The predicted octanol–water partition coefficient (Wildman–Crippen LogP) is 6.51. The third-order valence-corrected chi connectivity index (χ3v) is 7.55. The van der Waals surface area contributed by atoms with Crippen molar-refractivity contribution in [3.8, 4) is 5.75 Å². The maximum Gasteiger partial charge on any atom is 0.238 e. The van der Waals surface area contributed by atoms with Gasteiger partial charge in [-0.1, -0.05) is 53.2 Å². The van der Waals surface area contributed by atoms with E-state index in [1.165, 1.54) is 11.8 Å². The first-order valence-electron chi connectivity index (χ1n) is 11.3. The van der Waals surface area contributed by atoms with E-state index in [-0.39, 0.29) is 18.2 Å². The monoisotopic (exact) mass is 541 g/mol. The van der Waals surface area contributed by atoms with Crippen LogP contribution in [0.25, 0.3) is 0 Å². The Morgan fingerprint density at radius 2 is 1.83 bits per heavy atom.